The fraction of sp³-hybridized carbons (Fsp3) is 0.450. The van der Waals surface area contributed by atoms with E-state index in [1.165, 1.54) is 0 Å². The average Bonchev–Trinajstić information content (AvgIpc) is 3.20. The van der Waals surface area contributed by atoms with Gasteiger partial charge in [0.1, 0.15) is 5.76 Å². The number of carbonyl (C=O) groups excluding carboxylic acids is 1. The summed E-state index contributed by atoms with van der Waals surface area (Å²) in [7, 11) is 1.57. The Bertz CT molecular complexity index is 654. The number of ether oxygens (including phenoxy) is 2. The van der Waals surface area contributed by atoms with Crippen LogP contribution in [0.1, 0.15) is 17.4 Å². The zero-order chi connectivity index (χ0) is 18.2. The van der Waals surface area contributed by atoms with Crippen molar-refractivity contribution in [2.45, 2.75) is 12.6 Å². The molecule has 2 heterocycles. The van der Waals surface area contributed by atoms with Gasteiger partial charge in [-0.2, -0.15) is 0 Å². The van der Waals surface area contributed by atoms with Gasteiger partial charge in [0.2, 0.25) is 0 Å². The van der Waals surface area contributed by atoms with Crippen LogP contribution in [0.15, 0.2) is 53.1 Å². The van der Waals surface area contributed by atoms with Gasteiger partial charge in [0.15, 0.2) is 6.10 Å². The number of furan rings is 1. The Hall–Kier alpha value is -2.15. The molecular formula is C20H26N2O4. The van der Waals surface area contributed by atoms with Crippen molar-refractivity contribution in [3.63, 3.8) is 0 Å². The highest BCUT2D eigenvalue weighted by Crippen LogP contribution is 2.20. The van der Waals surface area contributed by atoms with Gasteiger partial charge in [-0.3, -0.25) is 9.69 Å². The minimum Gasteiger partial charge on any atom is -0.467 e. The maximum Gasteiger partial charge on any atom is 0.256 e. The Morgan fingerprint density at radius 2 is 1.96 bits per heavy atom. The van der Waals surface area contributed by atoms with Crippen LogP contribution < -0.4 is 0 Å². The highest BCUT2D eigenvalue weighted by molar-refractivity contribution is 5.82. The first-order valence-electron chi connectivity index (χ1n) is 8.97. The van der Waals surface area contributed by atoms with E-state index in [1.54, 1.807) is 13.4 Å². The van der Waals surface area contributed by atoms with Gasteiger partial charge in [-0.05, 0) is 17.7 Å². The Balaban J connectivity index is 1.71. The van der Waals surface area contributed by atoms with Crippen LogP contribution in [-0.4, -0.2) is 62.2 Å². The van der Waals surface area contributed by atoms with Crippen LogP contribution >= 0.6 is 0 Å². The van der Waals surface area contributed by atoms with Gasteiger partial charge in [-0.15, -0.1) is 0 Å². The first kappa shape index (κ1) is 18.6. The first-order valence-corrected chi connectivity index (χ1v) is 8.97. The van der Waals surface area contributed by atoms with E-state index < -0.39 is 6.10 Å². The largest absolute Gasteiger partial charge is 0.467 e. The average molecular weight is 358 g/mol. The molecule has 1 amide bonds. The van der Waals surface area contributed by atoms with Gasteiger partial charge < -0.3 is 18.8 Å². The molecule has 1 aliphatic heterocycles. The lowest BCUT2D eigenvalue weighted by Crippen LogP contribution is -2.44. The van der Waals surface area contributed by atoms with E-state index in [-0.39, 0.29) is 5.91 Å². The summed E-state index contributed by atoms with van der Waals surface area (Å²) in [5.41, 5.74) is 0.857. The molecule has 3 rings (SSSR count). The van der Waals surface area contributed by atoms with Gasteiger partial charge in [-0.1, -0.05) is 30.3 Å². The third kappa shape index (κ3) is 4.94. The van der Waals surface area contributed by atoms with Crippen LogP contribution in [0.2, 0.25) is 0 Å². The molecule has 0 bridgehead atoms. The van der Waals surface area contributed by atoms with E-state index in [0.717, 1.165) is 44.2 Å². The van der Waals surface area contributed by atoms with Crippen molar-refractivity contribution in [1.82, 2.24) is 9.80 Å². The fourth-order valence-corrected chi connectivity index (χ4v) is 3.12. The van der Waals surface area contributed by atoms with E-state index in [0.29, 0.717) is 13.1 Å². The lowest BCUT2D eigenvalue weighted by Gasteiger charge is -2.31. The number of nitrogens with zero attached hydrogens (tertiary/aromatic N) is 2. The number of amides is 1. The summed E-state index contributed by atoms with van der Waals surface area (Å²) in [5.74, 6) is 0.714. The summed E-state index contributed by atoms with van der Waals surface area (Å²) in [5, 5.41) is 0. The smallest absolute Gasteiger partial charge is 0.256 e. The molecule has 0 unspecified atom stereocenters. The molecule has 140 valence electrons. The molecule has 1 aliphatic rings. The molecule has 0 N–H and O–H groups in total. The second-order valence-corrected chi connectivity index (χ2v) is 6.32. The summed E-state index contributed by atoms with van der Waals surface area (Å²) in [6, 6.07) is 13.3. The quantitative estimate of drug-likeness (QED) is 0.725. The normalized spacial score (nSPS) is 16.3. The zero-order valence-electron chi connectivity index (χ0n) is 15.2. The van der Waals surface area contributed by atoms with Crippen LogP contribution in [0.25, 0.3) is 0 Å². The highest BCUT2D eigenvalue weighted by atomic mass is 16.5. The van der Waals surface area contributed by atoms with Gasteiger partial charge >= 0.3 is 0 Å². The van der Waals surface area contributed by atoms with Gasteiger partial charge in [0, 0.05) is 33.3 Å². The van der Waals surface area contributed by atoms with Crippen LogP contribution in [0.3, 0.4) is 0 Å². The van der Waals surface area contributed by atoms with Gasteiger partial charge in [-0.25, -0.2) is 0 Å². The molecule has 1 saturated heterocycles. The fourth-order valence-electron chi connectivity index (χ4n) is 3.12. The Morgan fingerprint density at radius 1 is 1.19 bits per heavy atom. The van der Waals surface area contributed by atoms with Crippen molar-refractivity contribution < 1.29 is 18.7 Å². The van der Waals surface area contributed by atoms with E-state index in [4.69, 9.17) is 13.9 Å². The van der Waals surface area contributed by atoms with E-state index >= 15 is 0 Å². The second kappa shape index (κ2) is 9.52. The third-order valence-electron chi connectivity index (χ3n) is 4.59. The Morgan fingerprint density at radius 3 is 2.62 bits per heavy atom. The summed E-state index contributed by atoms with van der Waals surface area (Å²) in [4.78, 5) is 17.3. The molecule has 1 atom stereocenters. The van der Waals surface area contributed by atoms with Crippen LogP contribution in [-0.2, 0) is 20.8 Å². The Labute approximate surface area is 154 Å². The zero-order valence-corrected chi connectivity index (χ0v) is 15.2. The molecule has 1 fully saturated rings. The third-order valence-corrected chi connectivity index (χ3v) is 4.59. The molecule has 6 heteroatoms. The second-order valence-electron chi connectivity index (χ2n) is 6.32. The van der Waals surface area contributed by atoms with Crippen molar-refractivity contribution in [1.29, 1.82) is 0 Å². The Kier molecular flexibility index (Phi) is 6.82. The van der Waals surface area contributed by atoms with Crippen LogP contribution in [0.5, 0.6) is 0 Å². The summed E-state index contributed by atoms with van der Waals surface area (Å²) >= 11 is 0. The van der Waals surface area contributed by atoms with Crippen molar-refractivity contribution >= 4 is 5.91 Å². The number of benzene rings is 1. The SMILES string of the molecule is CO[C@H](C(=O)N(CCN1CCOCC1)Cc1ccco1)c1ccccc1. The molecule has 6 nitrogen and oxygen atoms in total. The monoisotopic (exact) mass is 358 g/mol. The number of rotatable bonds is 8. The van der Waals surface area contributed by atoms with Crippen molar-refractivity contribution in [2.24, 2.45) is 0 Å². The van der Waals surface area contributed by atoms with Gasteiger partial charge in [0.25, 0.3) is 5.91 Å². The van der Waals surface area contributed by atoms with Crippen LogP contribution in [0, 0.1) is 0 Å². The standard InChI is InChI=1S/C20H26N2O4/c1-24-19(17-6-3-2-4-7-17)20(23)22(16-18-8-5-13-26-18)10-9-21-11-14-25-15-12-21/h2-8,13,19H,9-12,14-16H2,1H3/t19-/m0/s1. The molecule has 0 radical (unpaired) electrons. The van der Waals surface area contributed by atoms with E-state index in [1.807, 2.05) is 47.4 Å². The maximum absolute atomic E-state index is 13.2. The van der Waals surface area contributed by atoms with E-state index in [2.05, 4.69) is 4.90 Å². The van der Waals surface area contributed by atoms with E-state index in [9.17, 15) is 4.79 Å². The molecule has 0 saturated carbocycles. The minimum absolute atomic E-state index is 0.0524. The molecule has 0 spiro atoms. The maximum atomic E-state index is 13.2. The lowest BCUT2D eigenvalue weighted by atomic mass is 10.1. The molecular weight excluding hydrogens is 332 g/mol. The molecule has 1 aromatic heterocycles. The van der Waals surface area contributed by atoms with Crippen molar-refractivity contribution in [2.75, 3.05) is 46.5 Å². The van der Waals surface area contributed by atoms with Gasteiger partial charge in [0.05, 0.1) is 26.0 Å². The predicted octanol–water partition coefficient (Wildman–Crippen LogP) is 2.33. The molecule has 1 aromatic carbocycles. The molecule has 2 aromatic rings. The summed E-state index contributed by atoms with van der Waals surface area (Å²) in [6.45, 7) is 5.15. The van der Waals surface area contributed by atoms with Crippen LogP contribution in [0.4, 0.5) is 0 Å². The number of hydrogen-bond acceptors (Lipinski definition) is 5. The van der Waals surface area contributed by atoms with Crippen molar-refractivity contribution in [3.8, 4) is 0 Å². The number of hydrogen-bond donors (Lipinski definition) is 0. The topological polar surface area (TPSA) is 55.2 Å². The number of carbonyl (C=O) groups is 1. The first-order chi connectivity index (χ1) is 12.8. The van der Waals surface area contributed by atoms with Crippen molar-refractivity contribution in [3.05, 3.63) is 60.1 Å². The molecule has 26 heavy (non-hydrogen) atoms. The minimum atomic E-state index is -0.615. The highest BCUT2D eigenvalue weighted by Gasteiger charge is 2.27. The summed E-state index contributed by atoms with van der Waals surface area (Å²) in [6.07, 6.45) is 1.01. The number of morpholine rings is 1. The molecule has 0 aliphatic carbocycles. The predicted molar refractivity (Wildman–Crippen MR) is 97.6 cm³/mol. The summed E-state index contributed by atoms with van der Waals surface area (Å²) < 4.78 is 16.4. The lowest BCUT2D eigenvalue weighted by molar-refractivity contribution is -0.143. The number of methoxy groups -OCH3 is 1.